The number of carbonyl (C=O) groups excluding carboxylic acids is 1. The highest BCUT2D eigenvalue weighted by Crippen LogP contribution is 2.31. The van der Waals surface area contributed by atoms with Gasteiger partial charge >= 0.3 is 0 Å². The minimum Gasteiger partial charge on any atom is -0.423 e. The SMILES string of the molecule is O=C(C1CCN(c2nc3ccccc3o2)CC1)N1CCCC(c2nc(-c3ccc(F)cc3)no2)C1. The van der Waals surface area contributed by atoms with Crippen LogP contribution in [0.15, 0.2) is 57.5 Å². The van der Waals surface area contributed by atoms with Crippen molar-refractivity contribution in [2.75, 3.05) is 31.1 Å². The van der Waals surface area contributed by atoms with Crippen LogP contribution < -0.4 is 4.90 Å². The number of benzene rings is 2. The number of para-hydroxylation sites is 2. The second-order valence-corrected chi connectivity index (χ2v) is 9.31. The Labute approximate surface area is 201 Å². The lowest BCUT2D eigenvalue weighted by Crippen LogP contribution is -2.46. The van der Waals surface area contributed by atoms with Crippen molar-refractivity contribution in [1.82, 2.24) is 20.0 Å². The third-order valence-corrected chi connectivity index (χ3v) is 7.02. The van der Waals surface area contributed by atoms with Gasteiger partial charge in [0.05, 0.1) is 5.92 Å². The van der Waals surface area contributed by atoms with E-state index in [2.05, 4.69) is 20.0 Å². The zero-order chi connectivity index (χ0) is 23.8. The first-order valence-corrected chi connectivity index (χ1v) is 12.1. The number of carbonyl (C=O) groups is 1. The second-order valence-electron chi connectivity index (χ2n) is 9.31. The quantitative estimate of drug-likeness (QED) is 0.425. The molecule has 8 nitrogen and oxygen atoms in total. The Bertz CT molecular complexity index is 1290. The maximum absolute atomic E-state index is 13.3. The fraction of sp³-hybridized carbons (Fsp3) is 0.385. The molecule has 180 valence electrons. The van der Waals surface area contributed by atoms with E-state index in [0.29, 0.717) is 29.8 Å². The van der Waals surface area contributed by atoms with Gasteiger partial charge in [0.15, 0.2) is 5.58 Å². The number of halogens is 1. The molecular formula is C26H26FN5O3. The summed E-state index contributed by atoms with van der Waals surface area (Å²) in [6.07, 6.45) is 3.33. The van der Waals surface area contributed by atoms with E-state index in [0.717, 1.165) is 56.4 Å². The van der Waals surface area contributed by atoms with Crippen molar-refractivity contribution in [3.63, 3.8) is 0 Å². The number of oxazole rings is 1. The van der Waals surface area contributed by atoms with Gasteiger partial charge in [0, 0.05) is 37.7 Å². The Kier molecular flexibility index (Phi) is 5.67. The number of amides is 1. The van der Waals surface area contributed by atoms with E-state index in [9.17, 15) is 9.18 Å². The Balaban J connectivity index is 1.08. The molecule has 0 bridgehead atoms. The van der Waals surface area contributed by atoms with E-state index >= 15 is 0 Å². The van der Waals surface area contributed by atoms with Crippen molar-refractivity contribution >= 4 is 23.0 Å². The largest absolute Gasteiger partial charge is 0.423 e. The van der Waals surface area contributed by atoms with Gasteiger partial charge in [-0.15, -0.1) is 0 Å². The third-order valence-electron chi connectivity index (χ3n) is 7.02. The summed E-state index contributed by atoms with van der Waals surface area (Å²) in [7, 11) is 0. The summed E-state index contributed by atoms with van der Waals surface area (Å²) in [4.78, 5) is 26.5. The highest BCUT2D eigenvalue weighted by atomic mass is 19.1. The van der Waals surface area contributed by atoms with Crippen molar-refractivity contribution in [1.29, 1.82) is 0 Å². The number of rotatable bonds is 4. The average molecular weight is 476 g/mol. The molecular weight excluding hydrogens is 449 g/mol. The topological polar surface area (TPSA) is 88.5 Å². The fourth-order valence-electron chi connectivity index (χ4n) is 5.07. The van der Waals surface area contributed by atoms with Crippen molar-refractivity contribution in [2.45, 2.75) is 31.6 Å². The summed E-state index contributed by atoms with van der Waals surface area (Å²) in [5.41, 5.74) is 2.34. The van der Waals surface area contributed by atoms with Crippen LogP contribution in [0.1, 0.15) is 37.5 Å². The number of piperidine rings is 2. The number of nitrogens with zero attached hydrogens (tertiary/aromatic N) is 5. The lowest BCUT2D eigenvalue weighted by atomic mass is 9.92. The zero-order valence-corrected chi connectivity index (χ0v) is 19.3. The molecule has 2 fully saturated rings. The molecule has 35 heavy (non-hydrogen) atoms. The molecule has 0 saturated carbocycles. The first-order valence-electron chi connectivity index (χ1n) is 12.1. The maximum atomic E-state index is 13.3. The predicted octanol–water partition coefficient (Wildman–Crippen LogP) is 4.64. The summed E-state index contributed by atoms with van der Waals surface area (Å²) < 4.78 is 24.6. The Morgan fingerprint density at radius 2 is 1.77 bits per heavy atom. The van der Waals surface area contributed by atoms with Gasteiger partial charge in [0.2, 0.25) is 17.6 Å². The molecule has 1 amide bonds. The van der Waals surface area contributed by atoms with E-state index in [1.54, 1.807) is 12.1 Å². The van der Waals surface area contributed by atoms with E-state index in [1.807, 2.05) is 29.2 Å². The molecule has 2 saturated heterocycles. The van der Waals surface area contributed by atoms with E-state index in [4.69, 9.17) is 8.94 Å². The van der Waals surface area contributed by atoms with Gasteiger partial charge in [0.25, 0.3) is 6.01 Å². The van der Waals surface area contributed by atoms with Crippen LogP contribution in [0.4, 0.5) is 10.4 Å². The molecule has 2 aromatic heterocycles. The number of likely N-dealkylation sites (tertiary alicyclic amines) is 1. The molecule has 0 aliphatic carbocycles. The van der Waals surface area contributed by atoms with E-state index < -0.39 is 0 Å². The number of anilines is 1. The van der Waals surface area contributed by atoms with Crippen molar-refractivity contribution in [2.24, 2.45) is 5.92 Å². The third kappa shape index (κ3) is 4.38. The molecule has 0 spiro atoms. The molecule has 2 aromatic carbocycles. The van der Waals surface area contributed by atoms with Crippen LogP contribution >= 0.6 is 0 Å². The molecule has 1 atom stereocenters. The summed E-state index contributed by atoms with van der Waals surface area (Å²) in [6, 6.07) is 14.4. The van der Waals surface area contributed by atoms with Crippen molar-refractivity contribution in [3.05, 3.63) is 60.2 Å². The van der Waals surface area contributed by atoms with E-state index in [-0.39, 0.29) is 23.6 Å². The van der Waals surface area contributed by atoms with Crippen LogP contribution in [0.2, 0.25) is 0 Å². The van der Waals surface area contributed by atoms with Crippen LogP contribution in [0, 0.1) is 11.7 Å². The maximum Gasteiger partial charge on any atom is 0.298 e. The van der Waals surface area contributed by atoms with Crippen LogP contribution in [0.25, 0.3) is 22.5 Å². The Morgan fingerprint density at radius 3 is 2.57 bits per heavy atom. The molecule has 6 rings (SSSR count). The van der Waals surface area contributed by atoms with Crippen LogP contribution in [-0.4, -0.2) is 52.1 Å². The van der Waals surface area contributed by atoms with E-state index in [1.165, 1.54) is 12.1 Å². The molecule has 4 heterocycles. The Morgan fingerprint density at radius 1 is 0.971 bits per heavy atom. The molecule has 9 heteroatoms. The predicted molar refractivity (Wildman–Crippen MR) is 127 cm³/mol. The fourth-order valence-corrected chi connectivity index (χ4v) is 5.07. The number of hydrogen-bond donors (Lipinski definition) is 0. The molecule has 2 aliphatic heterocycles. The molecule has 4 aromatic rings. The molecule has 1 unspecified atom stereocenters. The first-order chi connectivity index (χ1) is 17.1. The molecule has 2 aliphatic rings. The normalized spacial score (nSPS) is 19.4. The van der Waals surface area contributed by atoms with Gasteiger partial charge in [-0.05, 0) is 62.1 Å². The standard InChI is InChI=1S/C26H26FN5O3/c27-20-9-7-17(8-10-20)23-29-24(35-30-23)19-4-3-13-32(16-19)25(33)18-11-14-31(15-12-18)26-28-21-5-1-2-6-22(21)34-26/h1-2,5-10,18-19H,3-4,11-16H2. The van der Waals surface area contributed by atoms with Gasteiger partial charge < -0.3 is 18.7 Å². The summed E-state index contributed by atoms with van der Waals surface area (Å²) in [5, 5.41) is 4.07. The van der Waals surface area contributed by atoms with Gasteiger partial charge in [-0.25, -0.2) is 4.39 Å². The highest BCUT2D eigenvalue weighted by Gasteiger charge is 2.34. The number of fused-ring (bicyclic) bond motifs is 1. The minimum absolute atomic E-state index is 0.00756. The first kappa shape index (κ1) is 21.8. The average Bonchev–Trinajstić information content (AvgIpc) is 3.57. The Hall–Kier alpha value is -3.75. The monoisotopic (exact) mass is 475 g/mol. The summed E-state index contributed by atoms with van der Waals surface area (Å²) >= 11 is 0. The number of hydrogen-bond acceptors (Lipinski definition) is 7. The second kappa shape index (κ2) is 9.13. The van der Waals surface area contributed by atoms with Crippen molar-refractivity contribution < 1.29 is 18.1 Å². The summed E-state index contributed by atoms with van der Waals surface area (Å²) in [6.45, 7) is 2.81. The molecule has 0 N–H and O–H groups in total. The summed E-state index contributed by atoms with van der Waals surface area (Å²) in [5.74, 6) is 0.868. The zero-order valence-electron chi connectivity index (χ0n) is 19.3. The van der Waals surface area contributed by atoms with Crippen LogP contribution in [0.5, 0.6) is 0 Å². The lowest BCUT2D eigenvalue weighted by molar-refractivity contribution is -0.137. The number of aromatic nitrogens is 3. The van der Waals surface area contributed by atoms with Crippen LogP contribution in [0.3, 0.4) is 0 Å². The van der Waals surface area contributed by atoms with Crippen molar-refractivity contribution in [3.8, 4) is 11.4 Å². The highest BCUT2D eigenvalue weighted by molar-refractivity contribution is 5.79. The van der Waals surface area contributed by atoms with Crippen LogP contribution in [-0.2, 0) is 4.79 Å². The van der Waals surface area contributed by atoms with Gasteiger partial charge in [-0.3, -0.25) is 4.79 Å². The van der Waals surface area contributed by atoms with Gasteiger partial charge in [-0.2, -0.15) is 9.97 Å². The lowest BCUT2D eigenvalue weighted by Gasteiger charge is -2.36. The molecule has 0 radical (unpaired) electrons. The van der Waals surface area contributed by atoms with Gasteiger partial charge in [-0.1, -0.05) is 17.3 Å². The smallest absolute Gasteiger partial charge is 0.298 e. The minimum atomic E-state index is -0.307. The van der Waals surface area contributed by atoms with Gasteiger partial charge in [0.1, 0.15) is 11.3 Å².